The molecule has 1 amide bonds. The molecule has 1 atom stereocenters. The molecule has 0 saturated carbocycles. The van der Waals surface area contributed by atoms with Crippen LogP contribution in [0.15, 0.2) is 30.3 Å². The number of hydrogen-bond acceptors (Lipinski definition) is 5. The monoisotopic (exact) mass is 346 g/mol. The van der Waals surface area contributed by atoms with Gasteiger partial charge in [0.05, 0.1) is 6.10 Å². The van der Waals surface area contributed by atoms with Gasteiger partial charge < -0.3 is 20.2 Å². The Bertz CT molecular complexity index is 525. The molecular weight excluding hydrogens is 316 g/mol. The molecule has 2 fully saturated rings. The van der Waals surface area contributed by atoms with E-state index in [1.807, 2.05) is 35.2 Å². The van der Waals surface area contributed by atoms with Crippen molar-refractivity contribution in [2.45, 2.75) is 12.5 Å². The summed E-state index contributed by atoms with van der Waals surface area (Å²) in [5, 5.41) is 13.6. The molecule has 138 valence electrons. The second-order valence-electron chi connectivity index (χ2n) is 6.95. The van der Waals surface area contributed by atoms with E-state index >= 15 is 0 Å². The molecule has 6 heteroatoms. The maximum atomic E-state index is 12.2. The highest BCUT2D eigenvalue weighted by molar-refractivity contribution is 5.76. The van der Waals surface area contributed by atoms with Crippen LogP contribution in [0.25, 0.3) is 0 Å². The van der Waals surface area contributed by atoms with Gasteiger partial charge in [-0.15, -0.1) is 0 Å². The Hall–Kier alpha value is -1.47. The molecule has 1 aromatic rings. The molecule has 2 N–H and O–H groups in total. The number of rotatable bonds is 6. The number of nitrogens with zero attached hydrogens (tertiary/aromatic N) is 3. The van der Waals surface area contributed by atoms with Gasteiger partial charge >= 0.3 is 0 Å². The van der Waals surface area contributed by atoms with Crippen LogP contribution in [0.2, 0.25) is 0 Å². The van der Waals surface area contributed by atoms with Crippen molar-refractivity contribution in [3.63, 3.8) is 0 Å². The van der Waals surface area contributed by atoms with Gasteiger partial charge in [-0.2, -0.15) is 0 Å². The summed E-state index contributed by atoms with van der Waals surface area (Å²) in [7, 11) is 0. The highest BCUT2D eigenvalue weighted by Gasteiger charge is 2.21. The lowest BCUT2D eigenvalue weighted by Crippen LogP contribution is -2.49. The van der Waals surface area contributed by atoms with Gasteiger partial charge in [0.1, 0.15) is 0 Å². The number of piperazine rings is 2. The Morgan fingerprint density at radius 1 is 1.00 bits per heavy atom. The maximum absolute atomic E-state index is 12.2. The zero-order valence-electron chi connectivity index (χ0n) is 14.9. The third-order valence-electron chi connectivity index (χ3n) is 5.19. The number of β-amino-alcohol motifs (C(OH)–C–C–N with tert-alkyl or cyclic N) is 1. The van der Waals surface area contributed by atoms with E-state index in [0.29, 0.717) is 13.0 Å². The van der Waals surface area contributed by atoms with Crippen LogP contribution in [0, 0.1) is 0 Å². The number of hydrogen-bond donors (Lipinski definition) is 2. The second-order valence-corrected chi connectivity index (χ2v) is 6.95. The average molecular weight is 346 g/mol. The molecule has 0 aromatic heterocycles. The van der Waals surface area contributed by atoms with Gasteiger partial charge in [0.2, 0.25) is 5.91 Å². The summed E-state index contributed by atoms with van der Waals surface area (Å²) < 4.78 is 0. The van der Waals surface area contributed by atoms with E-state index < -0.39 is 6.10 Å². The molecule has 1 unspecified atom stereocenters. The minimum absolute atomic E-state index is 0.281. The van der Waals surface area contributed by atoms with Crippen molar-refractivity contribution < 1.29 is 9.90 Å². The first kappa shape index (κ1) is 18.3. The Morgan fingerprint density at radius 2 is 1.64 bits per heavy atom. The first-order valence-electron chi connectivity index (χ1n) is 9.38. The number of carbonyl (C=O) groups is 1. The van der Waals surface area contributed by atoms with Gasteiger partial charge in [0.25, 0.3) is 0 Å². The van der Waals surface area contributed by atoms with Crippen LogP contribution in [0.1, 0.15) is 18.1 Å². The first-order chi connectivity index (χ1) is 12.2. The molecule has 3 rings (SSSR count). The van der Waals surface area contributed by atoms with E-state index in [9.17, 15) is 9.90 Å². The fourth-order valence-corrected chi connectivity index (χ4v) is 3.55. The second kappa shape index (κ2) is 9.29. The van der Waals surface area contributed by atoms with Crippen molar-refractivity contribution in [3.05, 3.63) is 35.9 Å². The quantitative estimate of drug-likeness (QED) is 0.768. The minimum Gasteiger partial charge on any atom is -0.387 e. The van der Waals surface area contributed by atoms with Crippen LogP contribution in [0.3, 0.4) is 0 Å². The molecule has 2 saturated heterocycles. The maximum Gasteiger partial charge on any atom is 0.223 e. The fraction of sp³-hybridized carbons (Fsp3) is 0.632. The fourth-order valence-electron chi connectivity index (χ4n) is 3.55. The van der Waals surface area contributed by atoms with Gasteiger partial charge in [0, 0.05) is 71.9 Å². The number of aliphatic hydroxyl groups is 1. The lowest BCUT2D eigenvalue weighted by atomic mass is 10.1. The number of amides is 1. The zero-order valence-corrected chi connectivity index (χ0v) is 14.9. The van der Waals surface area contributed by atoms with Gasteiger partial charge in [-0.3, -0.25) is 9.69 Å². The van der Waals surface area contributed by atoms with E-state index in [-0.39, 0.29) is 5.91 Å². The lowest BCUT2D eigenvalue weighted by Gasteiger charge is -2.36. The summed E-state index contributed by atoms with van der Waals surface area (Å²) in [6.07, 6.45) is 0.189. The molecule has 2 aliphatic rings. The van der Waals surface area contributed by atoms with Crippen molar-refractivity contribution in [1.82, 2.24) is 20.0 Å². The first-order valence-corrected chi connectivity index (χ1v) is 9.38. The molecule has 2 aliphatic heterocycles. The van der Waals surface area contributed by atoms with E-state index in [4.69, 9.17) is 0 Å². The van der Waals surface area contributed by atoms with Crippen molar-refractivity contribution in [3.8, 4) is 0 Å². The Balaban J connectivity index is 1.35. The van der Waals surface area contributed by atoms with Gasteiger partial charge in [0.15, 0.2) is 0 Å². The van der Waals surface area contributed by atoms with Crippen LogP contribution in [-0.2, 0) is 4.79 Å². The third kappa shape index (κ3) is 5.51. The predicted molar refractivity (Wildman–Crippen MR) is 98.3 cm³/mol. The van der Waals surface area contributed by atoms with Crippen LogP contribution in [-0.4, -0.2) is 91.2 Å². The van der Waals surface area contributed by atoms with Gasteiger partial charge in [-0.25, -0.2) is 0 Å². The molecule has 0 bridgehead atoms. The molecular formula is C19H30N4O2. The smallest absolute Gasteiger partial charge is 0.223 e. The van der Waals surface area contributed by atoms with Gasteiger partial charge in [-0.1, -0.05) is 30.3 Å². The summed E-state index contributed by atoms with van der Waals surface area (Å²) in [5.41, 5.74) is 0.978. The van der Waals surface area contributed by atoms with Crippen molar-refractivity contribution in [2.24, 2.45) is 0 Å². The molecule has 2 heterocycles. The van der Waals surface area contributed by atoms with E-state index in [1.165, 1.54) is 0 Å². The summed E-state index contributed by atoms with van der Waals surface area (Å²) in [4.78, 5) is 18.9. The van der Waals surface area contributed by atoms with Crippen molar-refractivity contribution in [1.29, 1.82) is 0 Å². The lowest BCUT2D eigenvalue weighted by molar-refractivity contribution is -0.132. The molecule has 0 radical (unpaired) electrons. The van der Waals surface area contributed by atoms with Crippen LogP contribution in [0.5, 0.6) is 0 Å². The normalized spacial score (nSPS) is 21.2. The van der Waals surface area contributed by atoms with Crippen LogP contribution in [0.4, 0.5) is 0 Å². The standard InChI is InChI=1S/C19H30N4O2/c24-18(17-4-2-1-3-5-17)16-22-14-12-21(13-15-22)9-6-19(25)23-10-7-20-8-11-23/h1-5,18,20,24H,6-16H2. The van der Waals surface area contributed by atoms with Gasteiger partial charge in [-0.05, 0) is 5.56 Å². The Kier molecular flexibility index (Phi) is 6.81. The van der Waals surface area contributed by atoms with E-state index in [1.54, 1.807) is 0 Å². The van der Waals surface area contributed by atoms with Crippen LogP contribution < -0.4 is 5.32 Å². The molecule has 0 aliphatic carbocycles. The Morgan fingerprint density at radius 3 is 2.32 bits per heavy atom. The topological polar surface area (TPSA) is 59.1 Å². The summed E-state index contributed by atoms with van der Waals surface area (Å²) in [6.45, 7) is 8.86. The average Bonchev–Trinajstić information content (AvgIpc) is 2.68. The largest absolute Gasteiger partial charge is 0.387 e. The highest BCUT2D eigenvalue weighted by atomic mass is 16.3. The third-order valence-corrected chi connectivity index (χ3v) is 5.19. The number of benzene rings is 1. The highest BCUT2D eigenvalue weighted by Crippen LogP contribution is 2.15. The Labute approximate surface area is 150 Å². The van der Waals surface area contributed by atoms with Crippen molar-refractivity contribution >= 4 is 5.91 Å². The molecule has 1 aromatic carbocycles. The number of nitrogens with one attached hydrogen (secondary N) is 1. The zero-order chi connectivity index (χ0) is 17.5. The molecule has 0 spiro atoms. The predicted octanol–water partition coefficient (Wildman–Crippen LogP) is 0.160. The van der Waals surface area contributed by atoms with E-state index in [2.05, 4.69) is 15.1 Å². The number of aliphatic hydroxyl groups excluding tert-OH is 1. The minimum atomic E-state index is -0.429. The summed E-state index contributed by atoms with van der Waals surface area (Å²) in [5.74, 6) is 0.281. The van der Waals surface area contributed by atoms with Crippen molar-refractivity contribution in [2.75, 3.05) is 65.4 Å². The SMILES string of the molecule is O=C(CCN1CCN(CC(O)c2ccccc2)CC1)N1CCNCC1. The molecule has 25 heavy (non-hydrogen) atoms. The van der Waals surface area contributed by atoms with Crippen LogP contribution >= 0.6 is 0 Å². The summed E-state index contributed by atoms with van der Waals surface area (Å²) in [6, 6.07) is 9.85. The molecule has 6 nitrogen and oxygen atoms in total. The van der Waals surface area contributed by atoms with E-state index in [0.717, 1.165) is 64.5 Å². The number of carbonyl (C=O) groups excluding carboxylic acids is 1. The summed E-state index contributed by atoms with van der Waals surface area (Å²) >= 11 is 0.